The van der Waals surface area contributed by atoms with E-state index in [0.717, 1.165) is 43.5 Å². The lowest BCUT2D eigenvalue weighted by Crippen LogP contribution is -2.43. The van der Waals surface area contributed by atoms with Crippen molar-refractivity contribution in [1.29, 1.82) is 0 Å². The van der Waals surface area contributed by atoms with E-state index in [-0.39, 0.29) is 11.9 Å². The van der Waals surface area contributed by atoms with Crippen LogP contribution in [0, 0.1) is 6.92 Å². The second-order valence-corrected chi connectivity index (χ2v) is 8.18. The number of hydrogen-bond donors (Lipinski definition) is 0. The van der Waals surface area contributed by atoms with Gasteiger partial charge in [-0.15, -0.1) is 0 Å². The molecule has 0 aromatic carbocycles. The smallest absolute Gasteiger partial charge is 0.241 e. The number of rotatable bonds is 3. The molecule has 2 heterocycles. The minimum atomic E-state index is -3.39. The van der Waals surface area contributed by atoms with E-state index in [0.29, 0.717) is 6.54 Å². The summed E-state index contributed by atoms with van der Waals surface area (Å²) in [6.45, 7) is 3.92. The SMILES string of the molecule is Cc1ccc([C@H]2CCCCCN2C(=O)[C@@H](C)S(C)(=O)=O)o1. The molecule has 1 aromatic rings. The molecule has 2 atom stereocenters. The molecule has 2 rings (SSSR count). The Kier molecular flexibility index (Phi) is 4.76. The van der Waals surface area contributed by atoms with E-state index < -0.39 is 15.1 Å². The number of aryl methyl sites for hydroxylation is 1. The molecule has 118 valence electrons. The third kappa shape index (κ3) is 3.67. The van der Waals surface area contributed by atoms with Crippen molar-refractivity contribution in [2.45, 2.75) is 50.8 Å². The van der Waals surface area contributed by atoms with Crippen LogP contribution in [0.3, 0.4) is 0 Å². The van der Waals surface area contributed by atoms with E-state index in [1.165, 1.54) is 6.92 Å². The van der Waals surface area contributed by atoms with Crippen molar-refractivity contribution in [2.75, 3.05) is 12.8 Å². The number of carbonyl (C=O) groups is 1. The van der Waals surface area contributed by atoms with Crippen LogP contribution in [0.1, 0.15) is 50.2 Å². The maximum Gasteiger partial charge on any atom is 0.241 e. The van der Waals surface area contributed by atoms with Gasteiger partial charge in [0.2, 0.25) is 5.91 Å². The first-order chi connectivity index (χ1) is 9.80. The second-order valence-electron chi connectivity index (χ2n) is 5.82. The fourth-order valence-corrected chi connectivity index (χ4v) is 3.22. The van der Waals surface area contributed by atoms with Crippen LogP contribution in [0.5, 0.6) is 0 Å². The molecule has 1 aliphatic heterocycles. The van der Waals surface area contributed by atoms with E-state index in [1.54, 1.807) is 4.90 Å². The zero-order valence-corrected chi connectivity index (χ0v) is 13.6. The molecule has 1 aromatic heterocycles. The van der Waals surface area contributed by atoms with Gasteiger partial charge in [0, 0.05) is 12.8 Å². The van der Waals surface area contributed by atoms with Crippen molar-refractivity contribution in [1.82, 2.24) is 4.90 Å². The number of sulfone groups is 1. The highest BCUT2D eigenvalue weighted by Gasteiger charge is 2.34. The first-order valence-corrected chi connectivity index (χ1v) is 9.32. The first-order valence-electron chi connectivity index (χ1n) is 7.36. The molecule has 21 heavy (non-hydrogen) atoms. The van der Waals surface area contributed by atoms with Crippen molar-refractivity contribution in [3.05, 3.63) is 23.7 Å². The summed E-state index contributed by atoms with van der Waals surface area (Å²) >= 11 is 0. The predicted molar refractivity (Wildman–Crippen MR) is 80.7 cm³/mol. The number of hydrogen-bond acceptors (Lipinski definition) is 4. The summed E-state index contributed by atoms with van der Waals surface area (Å²) in [5, 5.41) is -1.01. The monoisotopic (exact) mass is 313 g/mol. The molecule has 1 amide bonds. The van der Waals surface area contributed by atoms with E-state index in [4.69, 9.17) is 4.42 Å². The van der Waals surface area contributed by atoms with E-state index in [9.17, 15) is 13.2 Å². The summed E-state index contributed by atoms with van der Waals surface area (Å²) < 4.78 is 29.0. The largest absolute Gasteiger partial charge is 0.464 e. The van der Waals surface area contributed by atoms with Gasteiger partial charge < -0.3 is 9.32 Å². The van der Waals surface area contributed by atoms with Crippen molar-refractivity contribution in [3.63, 3.8) is 0 Å². The standard InChI is InChI=1S/C15H23NO4S/c1-11-8-9-14(20-11)13-7-5-4-6-10-16(13)15(17)12(2)21(3,18)19/h8-9,12-13H,4-7,10H2,1-3H3/t12-,13-/m1/s1. The maximum absolute atomic E-state index is 12.6. The van der Waals surface area contributed by atoms with Crippen molar-refractivity contribution in [3.8, 4) is 0 Å². The van der Waals surface area contributed by atoms with Crippen LogP contribution >= 0.6 is 0 Å². The highest BCUT2D eigenvalue weighted by atomic mass is 32.2. The Bertz CT molecular complexity index is 605. The van der Waals surface area contributed by atoms with E-state index in [1.807, 2.05) is 19.1 Å². The second kappa shape index (κ2) is 6.22. The van der Waals surface area contributed by atoms with Gasteiger partial charge in [-0.3, -0.25) is 4.79 Å². The van der Waals surface area contributed by atoms with Gasteiger partial charge in [-0.1, -0.05) is 12.8 Å². The Balaban J connectivity index is 2.30. The van der Waals surface area contributed by atoms with Crippen molar-refractivity contribution < 1.29 is 17.6 Å². The quantitative estimate of drug-likeness (QED) is 0.859. The van der Waals surface area contributed by atoms with Crippen LogP contribution in [0.4, 0.5) is 0 Å². The Morgan fingerprint density at radius 2 is 2.05 bits per heavy atom. The molecule has 0 unspecified atom stereocenters. The normalized spacial score (nSPS) is 21.9. The fraction of sp³-hybridized carbons (Fsp3) is 0.667. The Morgan fingerprint density at radius 3 is 2.62 bits per heavy atom. The van der Waals surface area contributed by atoms with Crippen LogP contribution in [-0.4, -0.2) is 37.3 Å². The van der Waals surface area contributed by atoms with Crippen LogP contribution in [0.15, 0.2) is 16.5 Å². The summed E-state index contributed by atoms with van der Waals surface area (Å²) in [6, 6.07) is 3.61. The van der Waals surface area contributed by atoms with Crippen LogP contribution in [0.2, 0.25) is 0 Å². The lowest BCUT2D eigenvalue weighted by Gasteiger charge is -2.30. The Hall–Kier alpha value is -1.30. The summed E-state index contributed by atoms with van der Waals surface area (Å²) in [4.78, 5) is 14.3. The van der Waals surface area contributed by atoms with Gasteiger partial charge in [0.05, 0.1) is 6.04 Å². The molecular weight excluding hydrogens is 290 g/mol. The van der Waals surface area contributed by atoms with Crippen molar-refractivity contribution >= 4 is 15.7 Å². The summed E-state index contributed by atoms with van der Waals surface area (Å²) in [6.07, 6.45) is 4.89. The summed E-state index contributed by atoms with van der Waals surface area (Å²) in [5.41, 5.74) is 0. The molecular formula is C15H23NO4S. The average Bonchev–Trinajstić information content (AvgIpc) is 2.70. The molecule has 0 radical (unpaired) electrons. The maximum atomic E-state index is 12.6. The number of nitrogens with zero attached hydrogens (tertiary/aromatic N) is 1. The molecule has 0 bridgehead atoms. The number of likely N-dealkylation sites (tertiary alicyclic amines) is 1. The summed E-state index contributed by atoms with van der Waals surface area (Å²) in [7, 11) is -3.39. The minimum Gasteiger partial charge on any atom is -0.464 e. The van der Waals surface area contributed by atoms with Crippen LogP contribution in [-0.2, 0) is 14.6 Å². The molecule has 1 aliphatic rings. The predicted octanol–water partition coefficient (Wildman–Crippen LogP) is 2.46. The topological polar surface area (TPSA) is 67.6 Å². The van der Waals surface area contributed by atoms with Gasteiger partial charge in [-0.05, 0) is 38.8 Å². The molecule has 0 N–H and O–H groups in total. The van der Waals surface area contributed by atoms with E-state index >= 15 is 0 Å². The Labute approximate surface area is 126 Å². The molecule has 0 aliphatic carbocycles. The van der Waals surface area contributed by atoms with Gasteiger partial charge in [0.1, 0.15) is 16.8 Å². The molecule has 6 heteroatoms. The third-order valence-corrected chi connectivity index (χ3v) is 5.60. The number of furan rings is 1. The highest BCUT2D eigenvalue weighted by Crippen LogP contribution is 2.32. The Morgan fingerprint density at radius 1 is 1.33 bits per heavy atom. The zero-order valence-electron chi connectivity index (χ0n) is 12.8. The fourth-order valence-electron chi connectivity index (χ4n) is 2.72. The lowest BCUT2D eigenvalue weighted by molar-refractivity contribution is -0.133. The average molecular weight is 313 g/mol. The van der Waals surface area contributed by atoms with E-state index in [2.05, 4.69) is 0 Å². The minimum absolute atomic E-state index is 0.155. The zero-order chi connectivity index (χ0) is 15.6. The third-order valence-electron chi connectivity index (χ3n) is 4.12. The number of carbonyl (C=O) groups excluding carboxylic acids is 1. The van der Waals surface area contributed by atoms with Crippen LogP contribution < -0.4 is 0 Å². The van der Waals surface area contributed by atoms with Gasteiger partial charge >= 0.3 is 0 Å². The molecule has 1 fully saturated rings. The van der Waals surface area contributed by atoms with Crippen molar-refractivity contribution in [2.24, 2.45) is 0 Å². The van der Waals surface area contributed by atoms with Gasteiger partial charge in [-0.2, -0.15) is 0 Å². The number of amides is 1. The molecule has 1 saturated heterocycles. The first kappa shape index (κ1) is 16.1. The molecule has 5 nitrogen and oxygen atoms in total. The van der Waals surface area contributed by atoms with Crippen LogP contribution in [0.25, 0.3) is 0 Å². The molecule has 0 spiro atoms. The van der Waals surface area contributed by atoms with Gasteiger partial charge in [0.15, 0.2) is 9.84 Å². The molecule has 0 saturated carbocycles. The van der Waals surface area contributed by atoms with Gasteiger partial charge in [-0.25, -0.2) is 8.42 Å². The lowest BCUT2D eigenvalue weighted by atomic mass is 10.1. The highest BCUT2D eigenvalue weighted by molar-refractivity contribution is 7.92. The summed E-state index contributed by atoms with van der Waals surface area (Å²) in [5.74, 6) is 1.24. The van der Waals surface area contributed by atoms with Gasteiger partial charge in [0.25, 0.3) is 0 Å².